The standard InChI is InChI=1S/C19H28N4O2/c1-13(2)16(17-20-12-21-23(17)5)22-18(24)15-8-6-7-14(11-15)9-10-19(3,4)25/h6-8,11-13,16,25H,9-10H2,1-5H3,(H,22,24). The lowest BCUT2D eigenvalue weighted by Gasteiger charge is -2.21. The second-order valence-corrected chi connectivity index (χ2v) is 7.45. The summed E-state index contributed by atoms with van der Waals surface area (Å²) in [5, 5.41) is 17.0. The summed E-state index contributed by atoms with van der Waals surface area (Å²) in [5.41, 5.74) is 0.933. The number of rotatable bonds is 7. The molecule has 1 atom stereocenters. The highest BCUT2D eigenvalue weighted by Gasteiger charge is 2.23. The van der Waals surface area contributed by atoms with Crippen LogP contribution in [-0.2, 0) is 13.5 Å². The van der Waals surface area contributed by atoms with Crippen molar-refractivity contribution in [2.24, 2.45) is 13.0 Å². The minimum absolute atomic E-state index is 0.133. The Kier molecular flexibility index (Phi) is 5.95. The normalized spacial score (nSPS) is 13.1. The highest BCUT2D eigenvalue weighted by Crippen LogP contribution is 2.20. The molecular formula is C19H28N4O2. The zero-order valence-corrected chi connectivity index (χ0v) is 15.7. The number of hydrogen-bond acceptors (Lipinski definition) is 4. The lowest BCUT2D eigenvalue weighted by Crippen LogP contribution is -2.33. The van der Waals surface area contributed by atoms with Gasteiger partial charge >= 0.3 is 0 Å². The fourth-order valence-electron chi connectivity index (χ4n) is 2.66. The van der Waals surface area contributed by atoms with Crippen LogP contribution in [0.15, 0.2) is 30.6 Å². The van der Waals surface area contributed by atoms with E-state index in [1.165, 1.54) is 6.33 Å². The minimum Gasteiger partial charge on any atom is -0.390 e. The van der Waals surface area contributed by atoms with Gasteiger partial charge in [-0.25, -0.2) is 4.98 Å². The summed E-state index contributed by atoms with van der Waals surface area (Å²) in [7, 11) is 1.82. The molecule has 0 saturated carbocycles. The Hall–Kier alpha value is -2.21. The first kappa shape index (κ1) is 19.1. The SMILES string of the molecule is CC(C)C(NC(=O)c1cccc(CCC(C)(C)O)c1)c1ncnn1C. The van der Waals surface area contributed by atoms with Crippen LogP contribution in [0.5, 0.6) is 0 Å². The number of amides is 1. The molecule has 0 fully saturated rings. The molecule has 25 heavy (non-hydrogen) atoms. The van der Waals surface area contributed by atoms with E-state index in [1.54, 1.807) is 24.6 Å². The van der Waals surface area contributed by atoms with E-state index in [4.69, 9.17) is 0 Å². The van der Waals surface area contributed by atoms with Crippen LogP contribution in [0, 0.1) is 5.92 Å². The second kappa shape index (κ2) is 7.78. The lowest BCUT2D eigenvalue weighted by molar-refractivity contribution is 0.0714. The van der Waals surface area contributed by atoms with Crippen LogP contribution in [0.3, 0.4) is 0 Å². The average molecular weight is 344 g/mol. The molecular weight excluding hydrogens is 316 g/mol. The van der Waals surface area contributed by atoms with Crippen LogP contribution in [0.4, 0.5) is 0 Å². The third-order valence-electron chi connectivity index (χ3n) is 4.19. The summed E-state index contributed by atoms with van der Waals surface area (Å²) in [6.45, 7) is 7.66. The van der Waals surface area contributed by atoms with Gasteiger partial charge in [0.05, 0.1) is 11.6 Å². The minimum atomic E-state index is -0.716. The van der Waals surface area contributed by atoms with Gasteiger partial charge in [0.25, 0.3) is 5.91 Å². The maximum atomic E-state index is 12.7. The van der Waals surface area contributed by atoms with Gasteiger partial charge in [-0.3, -0.25) is 9.48 Å². The van der Waals surface area contributed by atoms with Crippen LogP contribution in [0.1, 0.15) is 61.9 Å². The zero-order chi connectivity index (χ0) is 18.6. The summed E-state index contributed by atoms with van der Waals surface area (Å²) in [5.74, 6) is 0.790. The first-order valence-corrected chi connectivity index (χ1v) is 8.63. The van der Waals surface area contributed by atoms with E-state index in [-0.39, 0.29) is 17.9 Å². The van der Waals surface area contributed by atoms with Crippen molar-refractivity contribution < 1.29 is 9.90 Å². The molecule has 0 aliphatic heterocycles. The van der Waals surface area contributed by atoms with Gasteiger partial charge in [0.2, 0.25) is 0 Å². The van der Waals surface area contributed by atoms with Crippen molar-refractivity contribution in [3.05, 3.63) is 47.5 Å². The number of hydrogen-bond donors (Lipinski definition) is 2. The largest absolute Gasteiger partial charge is 0.390 e. The zero-order valence-electron chi connectivity index (χ0n) is 15.7. The molecule has 1 aromatic carbocycles. The van der Waals surface area contributed by atoms with Gasteiger partial charge in [0, 0.05) is 12.6 Å². The molecule has 6 nitrogen and oxygen atoms in total. The van der Waals surface area contributed by atoms with Crippen LogP contribution in [0.25, 0.3) is 0 Å². The Morgan fingerprint density at radius 2 is 2.08 bits per heavy atom. The number of aryl methyl sites for hydroxylation is 2. The Morgan fingerprint density at radius 3 is 2.64 bits per heavy atom. The van der Waals surface area contributed by atoms with Crippen molar-refractivity contribution in [1.82, 2.24) is 20.1 Å². The summed E-state index contributed by atoms with van der Waals surface area (Å²) < 4.78 is 1.69. The van der Waals surface area contributed by atoms with E-state index in [1.807, 2.05) is 39.1 Å². The van der Waals surface area contributed by atoms with Crippen molar-refractivity contribution >= 4 is 5.91 Å². The van der Waals surface area contributed by atoms with E-state index in [0.29, 0.717) is 12.0 Å². The first-order valence-electron chi connectivity index (χ1n) is 8.63. The molecule has 0 bridgehead atoms. The molecule has 1 heterocycles. The van der Waals surface area contributed by atoms with E-state index in [0.717, 1.165) is 17.8 Å². The maximum absolute atomic E-state index is 12.7. The van der Waals surface area contributed by atoms with Crippen LogP contribution in [-0.4, -0.2) is 31.4 Å². The molecule has 1 amide bonds. The molecule has 0 aliphatic carbocycles. The molecule has 2 aromatic rings. The number of carbonyl (C=O) groups excluding carboxylic acids is 1. The van der Waals surface area contributed by atoms with Crippen LogP contribution >= 0.6 is 0 Å². The van der Waals surface area contributed by atoms with E-state index < -0.39 is 5.60 Å². The van der Waals surface area contributed by atoms with Gasteiger partial charge in [-0.05, 0) is 50.3 Å². The Morgan fingerprint density at radius 1 is 1.36 bits per heavy atom. The smallest absolute Gasteiger partial charge is 0.251 e. The van der Waals surface area contributed by atoms with E-state index in [2.05, 4.69) is 15.4 Å². The number of carbonyl (C=O) groups is 1. The topological polar surface area (TPSA) is 80.0 Å². The fraction of sp³-hybridized carbons (Fsp3) is 0.526. The van der Waals surface area contributed by atoms with E-state index in [9.17, 15) is 9.90 Å². The fourth-order valence-corrected chi connectivity index (χ4v) is 2.66. The number of aliphatic hydroxyl groups is 1. The Labute approximate surface area is 149 Å². The predicted octanol–water partition coefficient (Wildman–Crippen LogP) is 2.65. The second-order valence-electron chi connectivity index (χ2n) is 7.45. The van der Waals surface area contributed by atoms with Gasteiger partial charge in [-0.2, -0.15) is 5.10 Å². The third kappa shape index (κ3) is 5.39. The van der Waals surface area contributed by atoms with Gasteiger partial charge < -0.3 is 10.4 Å². The molecule has 1 aromatic heterocycles. The molecule has 6 heteroatoms. The number of aromatic nitrogens is 3. The molecule has 0 spiro atoms. The first-order chi connectivity index (χ1) is 11.7. The highest BCUT2D eigenvalue weighted by molar-refractivity contribution is 5.94. The summed E-state index contributed by atoms with van der Waals surface area (Å²) >= 11 is 0. The highest BCUT2D eigenvalue weighted by atomic mass is 16.3. The molecule has 1 unspecified atom stereocenters. The van der Waals surface area contributed by atoms with E-state index >= 15 is 0 Å². The van der Waals surface area contributed by atoms with Crippen molar-refractivity contribution in [2.45, 2.75) is 52.2 Å². The lowest BCUT2D eigenvalue weighted by atomic mass is 9.97. The third-order valence-corrected chi connectivity index (χ3v) is 4.19. The molecule has 136 valence electrons. The van der Waals surface area contributed by atoms with Crippen LogP contribution in [0.2, 0.25) is 0 Å². The Balaban J connectivity index is 2.13. The number of nitrogens with one attached hydrogen (secondary N) is 1. The molecule has 2 N–H and O–H groups in total. The summed E-state index contributed by atoms with van der Waals surface area (Å²) in [6, 6.07) is 7.33. The van der Waals surface area contributed by atoms with Gasteiger partial charge in [0.1, 0.15) is 12.2 Å². The maximum Gasteiger partial charge on any atom is 0.251 e. The quantitative estimate of drug-likeness (QED) is 0.809. The monoisotopic (exact) mass is 344 g/mol. The number of benzene rings is 1. The summed E-state index contributed by atoms with van der Waals surface area (Å²) in [6.07, 6.45) is 2.86. The van der Waals surface area contributed by atoms with Crippen molar-refractivity contribution in [3.63, 3.8) is 0 Å². The van der Waals surface area contributed by atoms with Crippen LogP contribution < -0.4 is 5.32 Å². The summed E-state index contributed by atoms with van der Waals surface area (Å²) in [4.78, 5) is 17.0. The Bertz CT molecular complexity index is 716. The molecule has 0 saturated heterocycles. The van der Waals surface area contributed by atoms with Crippen molar-refractivity contribution in [1.29, 1.82) is 0 Å². The average Bonchev–Trinajstić information content (AvgIpc) is 2.95. The number of nitrogens with zero attached hydrogens (tertiary/aromatic N) is 3. The molecule has 2 rings (SSSR count). The van der Waals surface area contributed by atoms with Gasteiger partial charge in [-0.1, -0.05) is 26.0 Å². The molecule has 0 radical (unpaired) electrons. The van der Waals surface area contributed by atoms with Gasteiger partial charge in [0.15, 0.2) is 0 Å². The van der Waals surface area contributed by atoms with Crippen molar-refractivity contribution in [2.75, 3.05) is 0 Å². The molecule has 0 aliphatic rings. The van der Waals surface area contributed by atoms with Gasteiger partial charge in [-0.15, -0.1) is 0 Å². The predicted molar refractivity (Wildman–Crippen MR) is 97.1 cm³/mol. The van der Waals surface area contributed by atoms with Crippen molar-refractivity contribution in [3.8, 4) is 0 Å².